The molecule has 0 unspecified atom stereocenters. The van der Waals surface area contributed by atoms with Crippen LogP contribution >= 0.6 is 0 Å². The van der Waals surface area contributed by atoms with Gasteiger partial charge in [-0.2, -0.15) is 5.10 Å². The van der Waals surface area contributed by atoms with Crippen molar-refractivity contribution in [3.05, 3.63) is 42.2 Å². The van der Waals surface area contributed by atoms with Gasteiger partial charge in [-0.3, -0.25) is 4.79 Å². The number of likely N-dealkylation sites (tertiary alicyclic amines) is 1. The van der Waals surface area contributed by atoms with Crippen LogP contribution in [0.1, 0.15) is 26.7 Å². The third-order valence-electron chi connectivity index (χ3n) is 3.82. The molecule has 0 N–H and O–H groups in total. The van der Waals surface area contributed by atoms with E-state index in [4.69, 9.17) is 4.74 Å². The van der Waals surface area contributed by atoms with Gasteiger partial charge in [0.15, 0.2) is 5.82 Å². The fraction of sp³-hybridized carbons (Fsp3) is 0.412. The van der Waals surface area contributed by atoms with Crippen molar-refractivity contribution in [2.45, 2.75) is 32.8 Å². The summed E-state index contributed by atoms with van der Waals surface area (Å²) in [4.78, 5) is 13.9. The fourth-order valence-corrected chi connectivity index (χ4v) is 2.61. The Balaban J connectivity index is 1.53. The Kier molecular flexibility index (Phi) is 4.88. The van der Waals surface area contributed by atoms with Gasteiger partial charge >= 0.3 is 0 Å². The van der Waals surface area contributed by atoms with Gasteiger partial charge in [0, 0.05) is 50.5 Å². The van der Waals surface area contributed by atoms with Gasteiger partial charge in [-0.15, -0.1) is 10.2 Å². The van der Waals surface area contributed by atoms with Gasteiger partial charge in [0.1, 0.15) is 6.10 Å². The Morgan fingerprint density at radius 2 is 2.04 bits per heavy atom. The molecule has 3 rings (SSSR count). The van der Waals surface area contributed by atoms with Crippen molar-refractivity contribution in [3.8, 4) is 11.7 Å². The lowest BCUT2D eigenvalue weighted by molar-refractivity contribution is -0.127. The molecule has 0 saturated carbocycles. The van der Waals surface area contributed by atoms with Crippen LogP contribution in [0.3, 0.4) is 0 Å². The molecule has 126 valence electrons. The molecule has 0 aromatic carbocycles. The molecular weight excluding hydrogens is 306 g/mol. The maximum Gasteiger partial charge on any atom is 0.246 e. The maximum atomic E-state index is 12.0. The van der Waals surface area contributed by atoms with Crippen LogP contribution in [0.15, 0.2) is 42.2 Å². The molecule has 0 aliphatic carbocycles. The number of hydrogen-bond donors (Lipinski definition) is 0. The average molecular weight is 327 g/mol. The van der Waals surface area contributed by atoms with Crippen molar-refractivity contribution < 1.29 is 9.53 Å². The van der Waals surface area contributed by atoms with Crippen LogP contribution in [0.5, 0.6) is 5.88 Å². The number of carbonyl (C=O) groups is 1. The van der Waals surface area contributed by atoms with Crippen molar-refractivity contribution in [2.24, 2.45) is 0 Å². The van der Waals surface area contributed by atoms with E-state index in [-0.39, 0.29) is 12.0 Å². The SMILES string of the molecule is CC(C)=CC(=O)N1CCC(Oc2ccc(-n3cccn3)nn2)CC1. The Bertz CT molecular complexity index is 697. The largest absolute Gasteiger partial charge is 0.473 e. The highest BCUT2D eigenvalue weighted by molar-refractivity contribution is 5.88. The minimum atomic E-state index is 0.0607. The first kappa shape index (κ1) is 16.2. The van der Waals surface area contributed by atoms with Crippen LogP contribution < -0.4 is 4.74 Å². The Hall–Kier alpha value is -2.70. The summed E-state index contributed by atoms with van der Waals surface area (Å²) in [5, 5.41) is 12.3. The zero-order chi connectivity index (χ0) is 16.9. The standard InChI is InChI=1S/C17H21N5O2/c1-13(2)12-17(23)21-10-6-14(7-11-21)24-16-5-4-15(19-20-16)22-9-3-8-18-22/h3-5,8-9,12,14H,6-7,10-11H2,1-2H3. The van der Waals surface area contributed by atoms with Gasteiger partial charge in [0.05, 0.1) is 0 Å². The Labute approximate surface area is 140 Å². The predicted octanol–water partition coefficient (Wildman–Crippen LogP) is 2.00. The van der Waals surface area contributed by atoms with Gasteiger partial charge in [-0.1, -0.05) is 5.57 Å². The summed E-state index contributed by atoms with van der Waals surface area (Å²) in [6, 6.07) is 5.45. The van der Waals surface area contributed by atoms with Crippen LogP contribution in [0.4, 0.5) is 0 Å². The van der Waals surface area contributed by atoms with E-state index in [0.29, 0.717) is 24.8 Å². The highest BCUT2D eigenvalue weighted by Gasteiger charge is 2.23. The average Bonchev–Trinajstić information content (AvgIpc) is 3.10. The molecule has 0 atom stereocenters. The summed E-state index contributed by atoms with van der Waals surface area (Å²) < 4.78 is 7.52. The van der Waals surface area contributed by atoms with Crippen LogP contribution in [0.25, 0.3) is 5.82 Å². The van der Waals surface area contributed by atoms with Gasteiger partial charge in [0.25, 0.3) is 0 Å². The van der Waals surface area contributed by atoms with Gasteiger partial charge < -0.3 is 9.64 Å². The molecule has 1 aliphatic heterocycles. The van der Waals surface area contributed by atoms with E-state index in [1.54, 1.807) is 23.0 Å². The van der Waals surface area contributed by atoms with Gasteiger partial charge in [-0.05, 0) is 26.0 Å². The number of amides is 1. The van der Waals surface area contributed by atoms with Crippen molar-refractivity contribution in [3.63, 3.8) is 0 Å². The van der Waals surface area contributed by atoms with Crippen molar-refractivity contribution in [1.29, 1.82) is 0 Å². The monoisotopic (exact) mass is 327 g/mol. The number of ether oxygens (including phenoxy) is 1. The highest BCUT2D eigenvalue weighted by atomic mass is 16.5. The first-order chi connectivity index (χ1) is 11.6. The minimum absolute atomic E-state index is 0.0607. The molecule has 24 heavy (non-hydrogen) atoms. The molecule has 7 nitrogen and oxygen atoms in total. The van der Waals surface area contributed by atoms with Crippen molar-refractivity contribution in [2.75, 3.05) is 13.1 Å². The van der Waals surface area contributed by atoms with E-state index in [1.807, 2.05) is 37.1 Å². The Morgan fingerprint density at radius 1 is 1.25 bits per heavy atom. The third-order valence-corrected chi connectivity index (χ3v) is 3.82. The summed E-state index contributed by atoms with van der Waals surface area (Å²) in [7, 11) is 0. The fourth-order valence-electron chi connectivity index (χ4n) is 2.61. The highest BCUT2D eigenvalue weighted by Crippen LogP contribution is 2.18. The molecule has 0 radical (unpaired) electrons. The predicted molar refractivity (Wildman–Crippen MR) is 88.8 cm³/mol. The smallest absolute Gasteiger partial charge is 0.246 e. The zero-order valence-electron chi connectivity index (χ0n) is 13.9. The number of allylic oxidation sites excluding steroid dienone is 1. The van der Waals surface area contributed by atoms with Crippen LogP contribution in [-0.4, -0.2) is 50.0 Å². The summed E-state index contributed by atoms with van der Waals surface area (Å²) in [5.74, 6) is 1.23. The van der Waals surface area contributed by atoms with Gasteiger partial charge in [-0.25, -0.2) is 4.68 Å². The number of hydrogen-bond acceptors (Lipinski definition) is 5. The molecule has 2 aromatic rings. The number of carbonyl (C=O) groups excluding carboxylic acids is 1. The molecule has 1 amide bonds. The third kappa shape index (κ3) is 3.98. The van der Waals surface area contributed by atoms with E-state index in [1.165, 1.54) is 0 Å². The molecule has 1 aliphatic rings. The van der Waals surface area contributed by atoms with Crippen molar-refractivity contribution >= 4 is 5.91 Å². The van der Waals surface area contributed by atoms with E-state index in [2.05, 4.69) is 15.3 Å². The quantitative estimate of drug-likeness (QED) is 0.803. The lowest BCUT2D eigenvalue weighted by Crippen LogP contribution is -2.41. The van der Waals surface area contributed by atoms with E-state index >= 15 is 0 Å². The number of piperidine rings is 1. The molecule has 0 spiro atoms. The maximum absolute atomic E-state index is 12.0. The Morgan fingerprint density at radius 3 is 2.62 bits per heavy atom. The molecule has 0 bridgehead atoms. The second kappa shape index (κ2) is 7.25. The minimum Gasteiger partial charge on any atom is -0.473 e. The second-order valence-electron chi connectivity index (χ2n) is 6.04. The first-order valence-electron chi connectivity index (χ1n) is 8.06. The van der Waals surface area contributed by atoms with E-state index in [9.17, 15) is 4.79 Å². The lowest BCUT2D eigenvalue weighted by Gasteiger charge is -2.31. The molecular formula is C17H21N5O2. The van der Waals surface area contributed by atoms with Crippen molar-refractivity contribution in [1.82, 2.24) is 24.9 Å². The van der Waals surface area contributed by atoms with Crippen LogP contribution in [0, 0.1) is 0 Å². The van der Waals surface area contributed by atoms with E-state index < -0.39 is 0 Å². The summed E-state index contributed by atoms with van der Waals surface area (Å²) in [6.45, 7) is 5.26. The van der Waals surface area contributed by atoms with E-state index in [0.717, 1.165) is 18.4 Å². The second-order valence-corrected chi connectivity index (χ2v) is 6.04. The number of rotatable bonds is 4. The molecule has 1 saturated heterocycles. The molecule has 3 heterocycles. The van der Waals surface area contributed by atoms with Gasteiger partial charge in [0.2, 0.25) is 11.8 Å². The first-order valence-corrected chi connectivity index (χ1v) is 8.06. The van der Waals surface area contributed by atoms with Crippen LogP contribution in [-0.2, 0) is 4.79 Å². The zero-order valence-corrected chi connectivity index (χ0v) is 13.9. The summed E-state index contributed by atoms with van der Waals surface area (Å²) in [6.07, 6.45) is 6.84. The number of nitrogens with zero attached hydrogens (tertiary/aromatic N) is 5. The molecule has 7 heteroatoms. The topological polar surface area (TPSA) is 73.1 Å². The normalized spacial score (nSPS) is 15.2. The molecule has 1 fully saturated rings. The van der Waals surface area contributed by atoms with Crippen LogP contribution in [0.2, 0.25) is 0 Å². The number of aromatic nitrogens is 4. The summed E-state index contributed by atoms with van der Waals surface area (Å²) in [5.41, 5.74) is 1.02. The lowest BCUT2D eigenvalue weighted by atomic mass is 10.1. The summed E-state index contributed by atoms with van der Waals surface area (Å²) >= 11 is 0. The molecule has 2 aromatic heterocycles.